The van der Waals surface area contributed by atoms with E-state index in [9.17, 15) is 4.79 Å². The Balaban J connectivity index is 1.91. The molecule has 4 heteroatoms. The van der Waals surface area contributed by atoms with Crippen LogP contribution in [0.3, 0.4) is 0 Å². The van der Waals surface area contributed by atoms with Crippen molar-refractivity contribution in [1.82, 2.24) is 10.3 Å². The van der Waals surface area contributed by atoms with Gasteiger partial charge >= 0.3 is 0 Å². The highest BCUT2D eigenvalue weighted by Crippen LogP contribution is 2.30. The SMILES string of the molecule is Cc1ccc(NC(=O)C2(C)CCCNC2)c2cccnc12. The van der Waals surface area contributed by atoms with Crippen LogP contribution in [0.5, 0.6) is 0 Å². The molecule has 2 aromatic rings. The van der Waals surface area contributed by atoms with Crippen molar-refractivity contribution in [1.29, 1.82) is 0 Å². The second kappa shape index (κ2) is 5.45. The van der Waals surface area contributed by atoms with Gasteiger partial charge in [-0.15, -0.1) is 0 Å². The molecule has 1 unspecified atom stereocenters. The van der Waals surface area contributed by atoms with E-state index in [-0.39, 0.29) is 11.3 Å². The number of fused-ring (bicyclic) bond motifs is 1. The second-order valence-electron chi connectivity index (χ2n) is 6.12. The first-order valence-corrected chi connectivity index (χ1v) is 7.47. The number of nitrogens with zero attached hydrogens (tertiary/aromatic N) is 1. The summed E-state index contributed by atoms with van der Waals surface area (Å²) in [7, 11) is 0. The largest absolute Gasteiger partial charge is 0.325 e. The minimum absolute atomic E-state index is 0.0868. The number of hydrogen-bond acceptors (Lipinski definition) is 3. The third-order valence-corrected chi connectivity index (χ3v) is 4.37. The monoisotopic (exact) mass is 283 g/mol. The van der Waals surface area contributed by atoms with Crippen LogP contribution in [-0.2, 0) is 4.79 Å². The smallest absolute Gasteiger partial charge is 0.231 e. The molecule has 0 radical (unpaired) electrons. The number of carbonyl (C=O) groups is 1. The molecule has 2 N–H and O–H groups in total. The number of hydrogen-bond donors (Lipinski definition) is 2. The molecule has 4 nitrogen and oxygen atoms in total. The molecule has 1 aromatic carbocycles. The highest BCUT2D eigenvalue weighted by atomic mass is 16.2. The van der Waals surface area contributed by atoms with Crippen molar-refractivity contribution in [2.24, 2.45) is 5.41 Å². The summed E-state index contributed by atoms with van der Waals surface area (Å²) in [5.41, 5.74) is 2.58. The quantitative estimate of drug-likeness (QED) is 0.891. The van der Waals surface area contributed by atoms with Crippen molar-refractivity contribution >= 4 is 22.5 Å². The van der Waals surface area contributed by atoms with Crippen molar-refractivity contribution in [2.75, 3.05) is 18.4 Å². The molecule has 21 heavy (non-hydrogen) atoms. The molecule has 1 aromatic heterocycles. The third kappa shape index (κ3) is 2.63. The maximum Gasteiger partial charge on any atom is 0.231 e. The fraction of sp³-hybridized carbons (Fsp3) is 0.412. The van der Waals surface area contributed by atoms with Crippen LogP contribution in [0.1, 0.15) is 25.3 Å². The Kier molecular flexibility index (Phi) is 3.64. The Morgan fingerprint density at radius 3 is 3.00 bits per heavy atom. The molecule has 1 atom stereocenters. The van der Waals surface area contributed by atoms with Crippen molar-refractivity contribution in [3.05, 3.63) is 36.0 Å². The summed E-state index contributed by atoms with van der Waals surface area (Å²) in [4.78, 5) is 17.1. The standard InChI is InChI=1S/C17H21N3O/c1-12-6-7-14(13-5-3-10-19-15(12)13)20-16(21)17(2)8-4-9-18-11-17/h3,5-7,10,18H,4,8-9,11H2,1-2H3,(H,20,21). The number of aryl methyl sites for hydroxylation is 1. The molecular weight excluding hydrogens is 262 g/mol. The molecule has 2 heterocycles. The van der Waals surface area contributed by atoms with Gasteiger partial charge in [-0.1, -0.05) is 6.07 Å². The molecule has 1 aliphatic heterocycles. The van der Waals surface area contributed by atoms with Gasteiger partial charge in [0, 0.05) is 18.1 Å². The van der Waals surface area contributed by atoms with E-state index in [2.05, 4.69) is 15.6 Å². The Hall–Kier alpha value is -1.94. The zero-order valence-corrected chi connectivity index (χ0v) is 12.6. The molecule has 3 rings (SSSR count). The minimum atomic E-state index is -0.336. The zero-order valence-electron chi connectivity index (χ0n) is 12.6. The zero-order chi connectivity index (χ0) is 14.9. The molecule has 0 spiro atoms. The van der Waals surface area contributed by atoms with Gasteiger partial charge in [-0.3, -0.25) is 9.78 Å². The lowest BCUT2D eigenvalue weighted by Crippen LogP contribution is -2.46. The number of amides is 1. The normalized spacial score (nSPS) is 22.2. The lowest BCUT2D eigenvalue weighted by Gasteiger charge is -2.32. The summed E-state index contributed by atoms with van der Waals surface area (Å²) in [6, 6.07) is 7.89. The molecule has 0 bridgehead atoms. The first kappa shape index (κ1) is 14.0. The van der Waals surface area contributed by atoms with E-state index >= 15 is 0 Å². The number of carbonyl (C=O) groups excluding carboxylic acids is 1. The minimum Gasteiger partial charge on any atom is -0.325 e. The predicted molar refractivity (Wildman–Crippen MR) is 85.3 cm³/mol. The predicted octanol–water partition coefficient (Wildman–Crippen LogP) is 2.87. The lowest BCUT2D eigenvalue weighted by atomic mass is 9.82. The van der Waals surface area contributed by atoms with Crippen LogP contribution in [0.2, 0.25) is 0 Å². The first-order valence-electron chi connectivity index (χ1n) is 7.47. The van der Waals surface area contributed by atoms with Gasteiger partial charge in [-0.25, -0.2) is 0 Å². The van der Waals surface area contributed by atoms with E-state index in [1.807, 2.05) is 38.1 Å². The van der Waals surface area contributed by atoms with Gasteiger partial charge in [0.05, 0.1) is 16.6 Å². The average molecular weight is 283 g/mol. The molecule has 0 aliphatic carbocycles. The number of aromatic nitrogens is 1. The molecule has 0 saturated carbocycles. The van der Waals surface area contributed by atoms with Crippen LogP contribution in [-0.4, -0.2) is 24.0 Å². The van der Waals surface area contributed by atoms with Crippen LogP contribution in [0.4, 0.5) is 5.69 Å². The van der Waals surface area contributed by atoms with Gasteiger partial charge in [0.1, 0.15) is 0 Å². The van der Waals surface area contributed by atoms with Crippen LogP contribution in [0.15, 0.2) is 30.5 Å². The van der Waals surface area contributed by atoms with Gasteiger partial charge in [-0.05, 0) is 57.0 Å². The van der Waals surface area contributed by atoms with Gasteiger partial charge < -0.3 is 10.6 Å². The fourth-order valence-corrected chi connectivity index (χ4v) is 2.95. The van der Waals surface area contributed by atoms with E-state index in [0.717, 1.165) is 48.1 Å². The molecule has 1 aliphatic rings. The summed E-state index contributed by atoms with van der Waals surface area (Å²) in [6.45, 7) is 5.80. The third-order valence-electron chi connectivity index (χ3n) is 4.37. The second-order valence-corrected chi connectivity index (χ2v) is 6.12. The van der Waals surface area contributed by atoms with Crippen molar-refractivity contribution in [2.45, 2.75) is 26.7 Å². The van der Waals surface area contributed by atoms with E-state index in [1.54, 1.807) is 6.20 Å². The summed E-state index contributed by atoms with van der Waals surface area (Å²) in [5, 5.41) is 7.42. The summed E-state index contributed by atoms with van der Waals surface area (Å²) < 4.78 is 0. The van der Waals surface area contributed by atoms with Gasteiger partial charge in [0.15, 0.2) is 0 Å². The number of rotatable bonds is 2. The van der Waals surface area contributed by atoms with E-state index in [4.69, 9.17) is 0 Å². The highest BCUT2D eigenvalue weighted by Gasteiger charge is 2.34. The van der Waals surface area contributed by atoms with Crippen LogP contribution >= 0.6 is 0 Å². The summed E-state index contributed by atoms with van der Waals surface area (Å²) >= 11 is 0. The topological polar surface area (TPSA) is 54.0 Å². The van der Waals surface area contributed by atoms with E-state index < -0.39 is 0 Å². The van der Waals surface area contributed by atoms with Crippen molar-refractivity contribution < 1.29 is 4.79 Å². The van der Waals surface area contributed by atoms with Crippen molar-refractivity contribution in [3.8, 4) is 0 Å². The number of piperidine rings is 1. The molecule has 1 fully saturated rings. The first-order chi connectivity index (χ1) is 10.1. The molecule has 1 saturated heterocycles. The van der Waals surface area contributed by atoms with Gasteiger partial charge in [-0.2, -0.15) is 0 Å². The van der Waals surface area contributed by atoms with Gasteiger partial charge in [0.25, 0.3) is 0 Å². The number of anilines is 1. The Labute approximate surface area is 125 Å². The molecule has 110 valence electrons. The average Bonchev–Trinajstić information content (AvgIpc) is 2.51. The van der Waals surface area contributed by atoms with Gasteiger partial charge in [0.2, 0.25) is 5.91 Å². The number of pyridine rings is 1. The maximum absolute atomic E-state index is 12.6. The highest BCUT2D eigenvalue weighted by molar-refractivity contribution is 6.03. The lowest BCUT2D eigenvalue weighted by molar-refractivity contribution is -0.125. The van der Waals surface area contributed by atoms with Crippen LogP contribution in [0.25, 0.3) is 10.9 Å². The summed E-state index contributed by atoms with van der Waals surface area (Å²) in [6.07, 6.45) is 3.75. The Morgan fingerprint density at radius 1 is 1.38 bits per heavy atom. The Bertz CT molecular complexity index is 675. The van der Waals surface area contributed by atoms with E-state index in [1.165, 1.54) is 0 Å². The summed E-state index contributed by atoms with van der Waals surface area (Å²) in [5.74, 6) is 0.0868. The Morgan fingerprint density at radius 2 is 2.24 bits per heavy atom. The number of nitrogens with one attached hydrogen (secondary N) is 2. The number of benzene rings is 1. The fourth-order valence-electron chi connectivity index (χ4n) is 2.95. The van der Waals surface area contributed by atoms with Crippen molar-refractivity contribution in [3.63, 3.8) is 0 Å². The molecule has 1 amide bonds. The van der Waals surface area contributed by atoms with Crippen LogP contribution in [0, 0.1) is 12.3 Å². The van der Waals surface area contributed by atoms with Crippen LogP contribution < -0.4 is 10.6 Å². The maximum atomic E-state index is 12.6. The molecular formula is C17H21N3O. The van der Waals surface area contributed by atoms with E-state index in [0.29, 0.717) is 0 Å².